The van der Waals surface area contributed by atoms with E-state index in [2.05, 4.69) is 5.32 Å². The fourth-order valence-electron chi connectivity index (χ4n) is 1.81. The van der Waals surface area contributed by atoms with Crippen LogP contribution >= 0.6 is 11.6 Å². The van der Waals surface area contributed by atoms with Gasteiger partial charge in [0, 0.05) is 24.4 Å². The highest BCUT2D eigenvalue weighted by Crippen LogP contribution is 2.22. The number of nitro benzene ring substituents is 1. The van der Waals surface area contributed by atoms with Crippen LogP contribution in [-0.4, -0.2) is 4.92 Å². The van der Waals surface area contributed by atoms with E-state index < -0.39 is 10.7 Å². The molecule has 6 heteroatoms. The monoisotopic (exact) mass is 294 g/mol. The number of aryl methyl sites for hydroxylation is 1. The minimum Gasteiger partial charge on any atom is -0.381 e. The summed E-state index contributed by atoms with van der Waals surface area (Å²) >= 11 is 5.61. The summed E-state index contributed by atoms with van der Waals surface area (Å²) in [7, 11) is 0. The molecule has 0 aliphatic carbocycles. The van der Waals surface area contributed by atoms with Gasteiger partial charge in [-0.3, -0.25) is 10.1 Å². The third-order valence-corrected chi connectivity index (χ3v) is 3.19. The number of halogens is 2. The van der Waals surface area contributed by atoms with E-state index in [1.165, 1.54) is 24.3 Å². The number of nitrogens with zero attached hydrogens (tertiary/aromatic N) is 1. The van der Waals surface area contributed by atoms with Gasteiger partial charge in [0.15, 0.2) is 0 Å². The molecular formula is C14H12ClFN2O2. The highest BCUT2D eigenvalue weighted by molar-refractivity contribution is 6.30. The van der Waals surface area contributed by atoms with E-state index >= 15 is 0 Å². The third kappa shape index (κ3) is 3.24. The lowest BCUT2D eigenvalue weighted by molar-refractivity contribution is -0.384. The zero-order chi connectivity index (χ0) is 14.7. The van der Waals surface area contributed by atoms with E-state index in [4.69, 9.17) is 11.6 Å². The highest BCUT2D eigenvalue weighted by Gasteiger charge is 2.08. The molecule has 1 N–H and O–H groups in total. The number of rotatable bonds is 4. The summed E-state index contributed by atoms with van der Waals surface area (Å²) in [5, 5.41) is 13.8. The van der Waals surface area contributed by atoms with E-state index in [0.717, 1.165) is 16.8 Å². The Morgan fingerprint density at radius 1 is 1.30 bits per heavy atom. The first-order valence-corrected chi connectivity index (χ1v) is 6.28. The molecule has 0 saturated carbocycles. The molecular weight excluding hydrogens is 283 g/mol. The number of nitro groups is 1. The summed E-state index contributed by atoms with van der Waals surface area (Å²) in [5.74, 6) is -0.466. The molecule has 2 aromatic rings. The number of benzene rings is 2. The molecule has 0 aliphatic rings. The minimum absolute atomic E-state index is 0.0468. The Hall–Kier alpha value is -2.14. The molecule has 0 fully saturated rings. The predicted molar refractivity (Wildman–Crippen MR) is 76.6 cm³/mol. The molecule has 0 atom stereocenters. The van der Waals surface area contributed by atoms with Crippen molar-refractivity contribution >= 4 is 23.0 Å². The molecule has 0 bridgehead atoms. The van der Waals surface area contributed by atoms with Crippen LogP contribution in [0.2, 0.25) is 5.02 Å². The summed E-state index contributed by atoms with van der Waals surface area (Å²) in [6.07, 6.45) is 0. The molecule has 2 rings (SSSR count). The molecule has 20 heavy (non-hydrogen) atoms. The zero-order valence-electron chi connectivity index (χ0n) is 10.7. The van der Waals surface area contributed by atoms with Crippen molar-refractivity contribution in [3.63, 3.8) is 0 Å². The van der Waals surface area contributed by atoms with Gasteiger partial charge in [0.25, 0.3) is 5.69 Å². The number of hydrogen-bond donors (Lipinski definition) is 1. The lowest BCUT2D eigenvalue weighted by Crippen LogP contribution is -2.02. The van der Waals surface area contributed by atoms with Gasteiger partial charge in [0.1, 0.15) is 5.82 Å². The Morgan fingerprint density at radius 3 is 2.65 bits per heavy atom. The third-order valence-electron chi connectivity index (χ3n) is 2.89. The molecule has 0 spiro atoms. The summed E-state index contributed by atoms with van der Waals surface area (Å²) < 4.78 is 13.3. The second-order valence-corrected chi connectivity index (χ2v) is 4.77. The lowest BCUT2D eigenvalue weighted by atomic mass is 10.1. The SMILES string of the molecule is Cc1cc([N+](=O)[O-])ccc1NCc1ccc(Cl)c(F)c1. The summed E-state index contributed by atoms with van der Waals surface area (Å²) in [5.41, 5.74) is 2.31. The Bertz CT molecular complexity index is 662. The van der Waals surface area contributed by atoms with Crippen molar-refractivity contribution in [2.75, 3.05) is 5.32 Å². The number of hydrogen-bond acceptors (Lipinski definition) is 3. The first-order valence-electron chi connectivity index (χ1n) is 5.90. The number of anilines is 1. The Morgan fingerprint density at radius 2 is 2.05 bits per heavy atom. The van der Waals surface area contributed by atoms with Gasteiger partial charge >= 0.3 is 0 Å². The van der Waals surface area contributed by atoms with Crippen LogP contribution in [0.25, 0.3) is 0 Å². The second kappa shape index (κ2) is 5.88. The van der Waals surface area contributed by atoms with E-state index in [-0.39, 0.29) is 10.7 Å². The maximum atomic E-state index is 13.3. The quantitative estimate of drug-likeness (QED) is 0.675. The maximum Gasteiger partial charge on any atom is 0.269 e. The maximum absolute atomic E-state index is 13.3. The first-order chi connectivity index (χ1) is 9.47. The van der Waals surface area contributed by atoms with Gasteiger partial charge in [-0.1, -0.05) is 17.7 Å². The van der Waals surface area contributed by atoms with E-state index in [1.807, 2.05) is 0 Å². The van der Waals surface area contributed by atoms with Crippen molar-refractivity contribution in [1.29, 1.82) is 0 Å². The lowest BCUT2D eigenvalue weighted by Gasteiger charge is -2.09. The average molecular weight is 295 g/mol. The minimum atomic E-state index is -0.466. The normalized spacial score (nSPS) is 10.3. The van der Waals surface area contributed by atoms with Crippen molar-refractivity contribution in [3.05, 3.63) is 68.5 Å². The average Bonchev–Trinajstić information content (AvgIpc) is 2.41. The van der Waals surface area contributed by atoms with Crippen LogP contribution in [0, 0.1) is 22.9 Å². The van der Waals surface area contributed by atoms with Gasteiger partial charge in [-0.15, -0.1) is 0 Å². The molecule has 0 aromatic heterocycles. The topological polar surface area (TPSA) is 55.2 Å². The van der Waals surface area contributed by atoms with Crippen molar-refractivity contribution in [2.24, 2.45) is 0 Å². The largest absolute Gasteiger partial charge is 0.381 e. The van der Waals surface area contributed by atoms with Gasteiger partial charge in [-0.2, -0.15) is 0 Å². The van der Waals surface area contributed by atoms with Crippen LogP contribution in [0.15, 0.2) is 36.4 Å². The van der Waals surface area contributed by atoms with Crippen LogP contribution in [0.4, 0.5) is 15.8 Å². The van der Waals surface area contributed by atoms with E-state index in [0.29, 0.717) is 6.54 Å². The van der Waals surface area contributed by atoms with E-state index in [1.54, 1.807) is 19.1 Å². The zero-order valence-corrected chi connectivity index (χ0v) is 11.4. The smallest absolute Gasteiger partial charge is 0.269 e. The van der Waals surface area contributed by atoms with Gasteiger partial charge in [-0.05, 0) is 36.2 Å². The highest BCUT2D eigenvalue weighted by atomic mass is 35.5. The molecule has 4 nitrogen and oxygen atoms in total. The second-order valence-electron chi connectivity index (χ2n) is 4.36. The number of nitrogens with one attached hydrogen (secondary N) is 1. The summed E-state index contributed by atoms with van der Waals surface area (Å²) in [4.78, 5) is 10.2. The first kappa shape index (κ1) is 14.3. The molecule has 0 radical (unpaired) electrons. The van der Waals surface area contributed by atoms with Gasteiger partial charge < -0.3 is 5.32 Å². The standard InChI is InChI=1S/C14H12ClFN2O2/c1-9-6-11(18(19)20)3-5-14(9)17-8-10-2-4-12(15)13(16)7-10/h2-7,17H,8H2,1H3. The van der Waals surface area contributed by atoms with Gasteiger partial charge in [0.05, 0.1) is 9.95 Å². The van der Waals surface area contributed by atoms with Gasteiger partial charge in [0.2, 0.25) is 0 Å². The Kier molecular flexibility index (Phi) is 4.20. The van der Waals surface area contributed by atoms with Gasteiger partial charge in [-0.25, -0.2) is 4.39 Å². The van der Waals surface area contributed by atoms with Crippen LogP contribution in [0.5, 0.6) is 0 Å². The molecule has 0 unspecified atom stereocenters. The number of non-ortho nitro benzene ring substituents is 1. The Balaban J connectivity index is 2.10. The van der Waals surface area contributed by atoms with Crippen molar-refractivity contribution < 1.29 is 9.31 Å². The molecule has 0 aliphatic heterocycles. The van der Waals surface area contributed by atoms with Crippen molar-refractivity contribution in [3.8, 4) is 0 Å². The molecule has 2 aromatic carbocycles. The van der Waals surface area contributed by atoms with Crippen molar-refractivity contribution in [2.45, 2.75) is 13.5 Å². The van der Waals surface area contributed by atoms with Crippen LogP contribution in [0.1, 0.15) is 11.1 Å². The molecule has 104 valence electrons. The fourth-order valence-corrected chi connectivity index (χ4v) is 1.92. The molecule has 0 amide bonds. The van der Waals surface area contributed by atoms with E-state index in [9.17, 15) is 14.5 Å². The van der Waals surface area contributed by atoms with Crippen molar-refractivity contribution in [1.82, 2.24) is 0 Å². The summed E-state index contributed by atoms with van der Waals surface area (Å²) in [6, 6.07) is 9.13. The van der Waals surface area contributed by atoms with Crippen LogP contribution in [-0.2, 0) is 6.54 Å². The summed E-state index contributed by atoms with van der Waals surface area (Å²) in [6.45, 7) is 2.19. The Labute approximate surface area is 120 Å². The molecule has 0 saturated heterocycles. The fraction of sp³-hybridized carbons (Fsp3) is 0.143. The molecule has 0 heterocycles. The predicted octanol–water partition coefficient (Wildman–Crippen LogP) is 4.31. The van der Waals surface area contributed by atoms with Crippen LogP contribution in [0.3, 0.4) is 0 Å². The van der Waals surface area contributed by atoms with Crippen LogP contribution < -0.4 is 5.32 Å².